The highest BCUT2D eigenvalue weighted by Gasteiger charge is 2.30. The van der Waals surface area contributed by atoms with Crippen LogP contribution in [0.25, 0.3) is 0 Å². The third-order valence-corrected chi connectivity index (χ3v) is 3.78. The Balaban J connectivity index is 2.13. The molecule has 2 rings (SSSR count). The molecular weight excluding hydrogens is 212 g/mol. The molecule has 94 valence electrons. The molecule has 0 aliphatic carbocycles. The molecule has 1 fully saturated rings. The lowest BCUT2D eigenvalue weighted by Gasteiger charge is -2.39. The highest BCUT2D eigenvalue weighted by atomic mass is 16.3. The zero-order valence-corrected chi connectivity index (χ0v) is 10.7. The van der Waals surface area contributed by atoms with Crippen LogP contribution in [0.15, 0.2) is 18.2 Å². The zero-order chi connectivity index (χ0) is 12.5. The summed E-state index contributed by atoms with van der Waals surface area (Å²) in [6.07, 6.45) is 1.72. The van der Waals surface area contributed by atoms with Gasteiger partial charge >= 0.3 is 0 Å². The number of aliphatic hydroxyl groups excluding tert-OH is 1. The van der Waals surface area contributed by atoms with E-state index in [-0.39, 0.29) is 12.1 Å². The molecule has 3 N–H and O–H groups in total. The average molecular weight is 234 g/mol. The first-order valence-electron chi connectivity index (χ1n) is 6.26. The predicted molar refractivity (Wildman–Crippen MR) is 71.4 cm³/mol. The lowest BCUT2D eigenvalue weighted by atomic mass is 9.89. The summed E-state index contributed by atoms with van der Waals surface area (Å²) in [7, 11) is 0. The van der Waals surface area contributed by atoms with E-state index in [4.69, 9.17) is 5.73 Å². The van der Waals surface area contributed by atoms with Crippen LogP contribution in [-0.4, -0.2) is 30.3 Å². The van der Waals surface area contributed by atoms with E-state index in [0.717, 1.165) is 25.9 Å². The first-order chi connectivity index (χ1) is 8.04. The number of rotatable bonds is 2. The monoisotopic (exact) mass is 234 g/mol. The van der Waals surface area contributed by atoms with Gasteiger partial charge in [-0.15, -0.1) is 0 Å². The van der Waals surface area contributed by atoms with Gasteiger partial charge in [-0.3, -0.25) is 0 Å². The normalized spacial score (nSPS) is 19.4. The standard InChI is InChI=1S/C14H22N2O/c1-11-3-4-12(2)13(9-11)16-7-5-14(15,10-17)6-8-16/h3-4,9,17H,5-8,10,15H2,1-2H3. The molecule has 1 heterocycles. The molecule has 0 spiro atoms. The molecule has 1 aliphatic rings. The lowest BCUT2D eigenvalue weighted by Crippen LogP contribution is -2.53. The van der Waals surface area contributed by atoms with Crippen molar-refractivity contribution in [3.8, 4) is 0 Å². The first kappa shape index (κ1) is 12.4. The molecule has 1 saturated heterocycles. The molecule has 0 atom stereocenters. The number of anilines is 1. The Kier molecular flexibility index (Phi) is 3.40. The van der Waals surface area contributed by atoms with E-state index >= 15 is 0 Å². The Morgan fingerprint density at radius 1 is 1.29 bits per heavy atom. The summed E-state index contributed by atoms with van der Waals surface area (Å²) >= 11 is 0. The molecule has 17 heavy (non-hydrogen) atoms. The van der Waals surface area contributed by atoms with Gasteiger partial charge in [0.1, 0.15) is 0 Å². The van der Waals surface area contributed by atoms with Gasteiger partial charge in [-0.1, -0.05) is 12.1 Å². The summed E-state index contributed by atoms with van der Waals surface area (Å²) in [5.41, 5.74) is 9.63. The molecule has 0 radical (unpaired) electrons. The smallest absolute Gasteiger partial charge is 0.0612 e. The van der Waals surface area contributed by atoms with Crippen molar-refractivity contribution in [2.45, 2.75) is 32.2 Å². The van der Waals surface area contributed by atoms with E-state index in [2.05, 4.69) is 36.9 Å². The van der Waals surface area contributed by atoms with Gasteiger partial charge in [0, 0.05) is 24.3 Å². The van der Waals surface area contributed by atoms with Crippen LogP contribution in [-0.2, 0) is 0 Å². The number of hydrogen-bond acceptors (Lipinski definition) is 3. The van der Waals surface area contributed by atoms with Gasteiger partial charge in [0.2, 0.25) is 0 Å². The van der Waals surface area contributed by atoms with Crippen molar-refractivity contribution in [1.82, 2.24) is 0 Å². The number of hydrogen-bond donors (Lipinski definition) is 2. The minimum absolute atomic E-state index is 0.0909. The van der Waals surface area contributed by atoms with E-state index in [1.807, 2.05) is 0 Å². The maximum absolute atomic E-state index is 9.26. The molecular formula is C14H22N2O. The van der Waals surface area contributed by atoms with Crippen LogP contribution in [0.5, 0.6) is 0 Å². The van der Waals surface area contributed by atoms with Crippen LogP contribution in [0.2, 0.25) is 0 Å². The van der Waals surface area contributed by atoms with Gasteiger partial charge in [0.05, 0.1) is 6.61 Å². The van der Waals surface area contributed by atoms with E-state index in [1.54, 1.807) is 0 Å². The van der Waals surface area contributed by atoms with E-state index in [9.17, 15) is 5.11 Å². The van der Waals surface area contributed by atoms with Crippen LogP contribution in [0, 0.1) is 13.8 Å². The van der Waals surface area contributed by atoms with Gasteiger partial charge in [0.25, 0.3) is 0 Å². The van der Waals surface area contributed by atoms with Crippen molar-refractivity contribution in [3.63, 3.8) is 0 Å². The highest BCUT2D eigenvalue weighted by Crippen LogP contribution is 2.27. The summed E-state index contributed by atoms with van der Waals surface area (Å²) in [4.78, 5) is 2.38. The number of piperidine rings is 1. The largest absolute Gasteiger partial charge is 0.394 e. The first-order valence-corrected chi connectivity index (χ1v) is 6.26. The second-order valence-electron chi connectivity index (χ2n) is 5.30. The summed E-state index contributed by atoms with van der Waals surface area (Å²) in [5.74, 6) is 0. The van der Waals surface area contributed by atoms with E-state index in [0.29, 0.717) is 0 Å². The van der Waals surface area contributed by atoms with Gasteiger partial charge in [-0.25, -0.2) is 0 Å². The molecule has 1 aromatic carbocycles. The Bertz CT molecular complexity index is 395. The molecule has 0 bridgehead atoms. The number of benzene rings is 1. The molecule has 1 aromatic rings. The summed E-state index contributed by atoms with van der Waals surface area (Å²) in [6.45, 7) is 6.22. The maximum atomic E-state index is 9.26. The van der Waals surface area contributed by atoms with Gasteiger partial charge in [-0.2, -0.15) is 0 Å². The Hall–Kier alpha value is -1.06. The van der Waals surface area contributed by atoms with Crippen molar-refractivity contribution < 1.29 is 5.11 Å². The van der Waals surface area contributed by atoms with Crippen molar-refractivity contribution in [3.05, 3.63) is 29.3 Å². The molecule has 0 aromatic heterocycles. The number of aryl methyl sites for hydroxylation is 2. The average Bonchev–Trinajstić information content (AvgIpc) is 2.34. The number of nitrogens with two attached hydrogens (primary N) is 1. The lowest BCUT2D eigenvalue weighted by molar-refractivity contribution is 0.170. The van der Waals surface area contributed by atoms with Gasteiger partial charge in [-0.05, 0) is 43.9 Å². The summed E-state index contributed by atoms with van der Waals surface area (Å²) < 4.78 is 0. The SMILES string of the molecule is Cc1ccc(C)c(N2CCC(N)(CO)CC2)c1. The van der Waals surface area contributed by atoms with Gasteiger partial charge < -0.3 is 15.7 Å². The van der Waals surface area contributed by atoms with Crippen LogP contribution in [0.3, 0.4) is 0 Å². The minimum atomic E-state index is -0.367. The Morgan fingerprint density at radius 3 is 2.53 bits per heavy atom. The second-order valence-corrected chi connectivity index (χ2v) is 5.30. The van der Waals surface area contributed by atoms with Crippen LogP contribution in [0.1, 0.15) is 24.0 Å². The molecule has 0 saturated carbocycles. The molecule has 3 heteroatoms. The van der Waals surface area contributed by atoms with Crippen LogP contribution < -0.4 is 10.6 Å². The minimum Gasteiger partial charge on any atom is -0.394 e. The Labute approximate surface area is 103 Å². The fourth-order valence-corrected chi connectivity index (χ4v) is 2.41. The van der Waals surface area contributed by atoms with Crippen molar-refractivity contribution >= 4 is 5.69 Å². The van der Waals surface area contributed by atoms with E-state index < -0.39 is 0 Å². The van der Waals surface area contributed by atoms with E-state index in [1.165, 1.54) is 16.8 Å². The van der Waals surface area contributed by atoms with Crippen molar-refractivity contribution in [2.24, 2.45) is 5.73 Å². The van der Waals surface area contributed by atoms with Crippen LogP contribution in [0.4, 0.5) is 5.69 Å². The molecule has 0 unspecified atom stereocenters. The molecule has 1 aliphatic heterocycles. The fraction of sp³-hybridized carbons (Fsp3) is 0.571. The predicted octanol–water partition coefficient (Wildman–Crippen LogP) is 1.59. The topological polar surface area (TPSA) is 49.5 Å². The third-order valence-electron chi connectivity index (χ3n) is 3.78. The van der Waals surface area contributed by atoms with Gasteiger partial charge in [0.15, 0.2) is 0 Å². The van der Waals surface area contributed by atoms with Crippen molar-refractivity contribution in [1.29, 1.82) is 0 Å². The highest BCUT2D eigenvalue weighted by molar-refractivity contribution is 5.55. The maximum Gasteiger partial charge on any atom is 0.0612 e. The fourth-order valence-electron chi connectivity index (χ4n) is 2.41. The molecule has 0 amide bonds. The summed E-state index contributed by atoms with van der Waals surface area (Å²) in [6, 6.07) is 6.54. The van der Waals surface area contributed by atoms with Crippen molar-refractivity contribution in [2.75, 3.05) is 24.6 Å². The van der Waals surface area contributed by atoms with Crippen LogP contribution >= 0.6 is 0 Å². The Morgan fingerprint density at radius 2 is 1.94 bits per heavy atom. The second kappa shape index (κ2) is 4.67. The third kappa shape index (κ3) is 2.61. The quantitative estimate of drug-likeness (QED) is 0.817. The number of aliphatic hydroxyl groups is 1. The molecule has 3 nitrogen and oxygen atoms in total. The number of nitrogens with zero attached hydrogens (tertiary/aromatic N) is 1. The summed E-state index contributed by atoms with van der Waals surface area (Å²) in [5, 5.41) is 9.26. The zero-order valence-electron chi connectivity index (χ0n) is 10.7.